The Morgan fingerprint density at radius 2 is 1.70 bits per heavy atom. The highest BCUT2D eigenvalue weighted by Gasteiger charge is 2.72. The highest BCUT2D eigenvalue weighted by Crippen LogP contribution is 2.63. The zero-order chi connectivity index (χ0) is 14.5. The van der Waals surface area contributed by atoms with Gasteiger partial charge in [-0.25, -0.2) is 0 Å². The van der Waals surface area contributed by atoms with Crippen LogP contribution < -0.4 is 5.73 Å². The zero-order valence-corrected chi connectivity index (χ0v) is 11.9. The number of imide groups is 1. The zero-order valence-electron chi connectivity index (χ0n) is 11.9. The van der Waals surface area contributed by atoms with Gasteiger partial charge >= 0.3 is 0 Å². The largest absolute Gasteiger partial charge is 0.324 e. The van der Waals surface area contributed by atoms with Gasteiger partial charge in [0.25, 0.3) is 0 Å². The number of likely N-dealkylation sites (tertiary alicyclic amines) is 1. The molecule has 20 heavy (non-hydrogen) atoms. The van der Waals surface area contributed by atoms with Crippen molar-refractivity contribution < 1.29 is 9.59 Å². The number of nitrogens with zero attached hydrogens (tertiary/aromatic N) is 1. The molecule has 3 unspecified atom stereocenters. The molecule has 4 nitrogen and oxygen atoms in total. The minimum absolute atomic E-state index is 0.00902. The van der Waals surface area contributed by atoms with Crippen molar-refractivity contribution in [2.24, 2.45) is 23.0 Å². The van der Waals surface area contributed by atoms with Crippen molar-refractivity contribution in [3.63, 3.8) is 0 Å². The highest BCUT2D eigenvalue weighted by molar-refractivity contribution is 6.10. The summed E-state index contributed by atoms with van der Waals surface area (Å²) in [5.74, 6) is -0.207. The van der Waals surface area contributed by atoms with E-state index < -0.39 is 0 Å². The normalized spacial score (nSPS) is 28.4. The molecule has 3 rings (SSSR count). The molecule has 1 saturated carbocycles. The van der Waals surface area contributed by atoms with E-state index in [0.29, 0.717) is 13.0 Å². The minimum Gasteiger partial charge on any atom is -0.324 e. The molecule has 2 amide bonds. The lowest BCUT2D eigenvalue weighted by atomic mass is 10.0. The van der Waals surface area contributed by atoms with Crippen LogP contribution in [0.15, 0.2) is 30.3 Å². The van der Waals surface area contributed by atoms with Crippen LogP contribution in [0.4, 0.5) is 0 Å². The Balaban J connectivity index is 1.61. The molecule has 1 saturated heterocycles. The Bertz CT molecular complexity index is 529. The fourth-order valence-corrected chi connectivity index (χ4v) is 3.36. The molecule has 106 valence electrons. The number of nitrogens with two attached hydrogens (primary N) is 1. The van der Waals surface area contributed by atoms with Crippen LogP contribution in [0.2, 0.25) is 0 Å². The van der Waals surface area contributed by atoms with Crippen LogP contribution in [0.5, 0.6) is 0 Å². The molecule has 2 fully saturated rings. The van der Waals surface area contributed by atoms with Gasteiger partial charge in [0.15, 0.2) is 0 Å². The van der Waals surface area contributed by atoms with Gasteiger partial charge in [-0.2, -0.15) is 0 Å². The lowest BCUT2D eigenvalue weighted by molar-refractivity contribution is -0.143. The lowest BCUT2D eigenvalue weighted by Gasteiger charge is -2.22. The summed E-state index contributed by atoms with van der Waals surface area (Å²) in [5, 5.41) is 0. The number of benzene rings is 1. The average Bonchev–Trinajstić information content (AvgIpc) is 2.90. The molecule has 4 heteroatoms. The van der Waals surface area contributed by atoms with E-state index in [0.717, 1.165) is 5.56 Å². The van der Waals surface area contributed by atoms with Crippen LogP contribution >= 0.6 is 0 Å². The maximum absolute atomic E-state index is 12.2. The summed E-state index contributed by atoms with van der Waals surface area (Å²) < 4.78 is 0. The van der Waals surface area contributed by atoms with Crippen LogP contribution in [0, 0.1) is 17.3 Å². The van der Waals surface area contributed by atoms with Crippen LogP contribution in [-0.4, -0.2) is 23.3 Å². The molecule has 1 aromatic carbocycles. The van der Waals surface area contributed by atoms with Crippen molar-refractivity contribution in [3.05, 3.63) is 35.9 Å². The number of hydrogen-bond acceptors (Lipinski definition) is 3. The average molecular weight is 272 g/mol. The first-order valence-electron chi connectivity index (χ1n) is 7.10. The van der Waals surface area contributed by atoms with Gasteiger partial charge in [0.2, 0.25) is 11.8 Å². The topological polar surface area (TPSA) is 63.4 Å². The number of hydrogen-bond donors (Lipinski definition) is 1. The number of carbonyl (C=O) groups excluding carboxylic acids is 2. The van der Waals surface area contributed by atoms with Crippen molar-refractivity contribution in [2.75, 3.05) is 6.54 Å². The molecule has 1 aliphatic carbocycles. The summed E-state index contributed by atoms with van der Waals surface area (Å²) in [4.78, 5) is 25.8. The third-order valence-corrected chi connectivity index (χ3v) is 4.78. The van der Waals surface area contributed by atoms with E-state index in [1.807, 2.05) is 44.2 Å². The maximum Gasteiger partial charge on any atom is 0.233 e. The van der Waals surface area contributed by atoms with E-state index in [1.54, 1.807) is 0 Å². The molecule has 0 radical (unpaired) electrons. The van der Waals surface area contributed by atoms with Crippen LogP contribution in [0.1, 0.15) is 31.9 Å². The fourth-order valence-electron chi connectivity index (χ4n) is 3.36. The first-order chi connectivity index (χ1) is 9.44. The van der Waals surface area contributed by atoms with Gasteiger partial charge in [-0.3, -0.25) is 14.5 Å². The van der Waals surface area contributed by atoms with E-state index in [1.165, 1.54) is 4.90 Å². The second-order valence-corrected chi connectivity index (χ2v) is 6.41. The first kappa shape index (κ1) is 13.3. The second-order valence-electron chi connectivity index (χ2n) is 6.41. The highest BCUT2D eigenvalue weighted by atomic mass is 16.2. The van der Waals surface area contributed by atoms with Gasteiger partial charge in [-0.1, -0.05) is 44.2 Å². The Labute approximate surface area is 118 Å². The molecule has 1 heterocycles. The van der Waals surface area contributed by atoms with Crippen molar-refractivity contribution >= 4 is 11.8 Å². The van der Waals surface area contributed by atoms with Crippen LogP contribution in [0.3, 0.4) is 0 Å². The molecular formula is C16H20N2O2. The molecular weight excluding hydrogens is 252 g/mol. The van der Waals surface area contributed by atoms with Gasteiger partial charge < -0.3 is 5.73 Å². The van der Waals surface area contributed by atoms with E-state index in [4.69, 9.17) is 5.73 Å². The van der Waals surface area contributed by atoms with E-state index in [-0.39, 0.29) is 35.1 Å². The number of amides is 2. The third-order valence-electron chi connectivity index (χ3n) is 4.78. The van der Waals surface area contributed by atoms with Crippen LogP contribution in [-0.2, 0) is 9.59 Å². The molecule has 0 aromatic heterocycles. The maximum atomic E-state index is 12.2. The van der Waals surface area contributed by atoms with Gasteiger partial charge in [-0.05, 0) is 17.4 Å². The van der Waals surface area contributed by atoms with E-state index >= 15 is 0 Å². The molecule has 0 spiro atoms. The molecule has 0 bridgehead atoms. The quantitative estimate of drug-likeness (QED) is 0.849. The summed E-state index contributed by atoms with van der Waals surface area (Å²) in [5.41, 5.74) is 7.02. The Morgan fingerprint density at radius 1 is 1.15 bits per heavy atom. The second kappa shape index (κ2) is 4.42. The van der Waals surface area contributed by atoms with Crippen LogP contribution in [0.25, 0.3) is 0 Å². The van der Waals surface area contributed by atoms with Gasteiger partial charge in [0.1, 0.15) is 0 Å². The van der Waals surface area contributed by atoms with Crippen molar-refractivity contribution in [1.29, 1.82) is 0 Å². The standard InChI is InChI=1S/C16H20N2O2/c1-16(2)12-13(16)15(20)18(14(12)19)9-8-11(17)10-6-4-3-5-7-10/h3-7,11-13H,8-9,17H2,1-2H3. The number of fused-ring (bicyclic) bond motifs is 1. The third kappa shape index (κ3) is 1.86. The summed E-state index contributed by atoms with van der Waals surface area (Å²) >= 11 is 0. The summed E-state index contributed by atoms with van der Waals surface area (Å²) in [7, 11) is 0. The fraction of sp³-hybridized carbons (Fsp3) is 0.500. The summed E-state index contributed by atoms with van der Waals surface area (Å²) in [6.45, 7) is 4.41. The van der Waals surface area contributed by atoms with Crippen molar-refractivity contribution in [2.45, 2.75) is 26.3 Å². The Hall–Kier alpha value is -1.68. The van der Waals surface area contributed by atoms with E-state index in [2.05, 4.69) is 0 Å². The molecule has 1 aliphatic heterocycles. The lowest BCUT2D eigenvalue weighted by Crippen LogP contribution is -2.38. The summed E-state index contributed by atoms with van der Waals surface area (Å²) in [6, 6.07) is 9.64. The van der Waals surface area contributed by atoms with Crippen molar-refractivity contribution in [3.8, 4) is 0 Å². The predicted octanol–water partition coefficient (Wildman–Crippen LogP) is 1.72. The van der Waals surface area contributed by atoms with Gasteiger partial charge in [0.05, 0.1) is 11.8 Å². The predicted molar refractivity (Wildman–Crippen MR) is 75.5 cm³/mol. The number of rotatable bonds is 4. The number of carbonyl (C=O) groups is 2. The van der Waals surface area contributed by atoms with Gasteiger partial charge in [-0.15, -0.1) is 0 Å². The molecule has 2 N–H and O–H groups in total. The molecule has 3 atom stereocenters. The monoisotopic (exact) mass is 272 g/mol. The minimum atomic E-state index is -0.137. The Kier molecular flexibility index (Phi) is 2.94. The summed E-state index contributed by atoms with van der Waals surface area (Å²) in [6.07, 6.45) is 0.612. The first-order valence-corrected chi connectivity index (χ1v) is 7.10. The van der Waals surface area contributed by atoms with E-state index in [9.17, 15) is 9.59 Å². The van der Waals surface area contributed by atoms with Gasteiger partial charge in [0, 0.05) is 12.6 Å². The SMILES string of the molecule is CC1(C)C2C(=O)N(CCC(N)c3ccccc3)C(=O)C21. The number of piperidine rings is 1. The Morgan fingerprint density at radius 3 is 2.25 bits per heavy atom. The molecule has 1 aromatic rings. The molecule has 2 aliphatic rings. The smallest absolute Gasteiger partial charge is 0.233 e. The van der Waals surface area contributed by atoms with Crippen molar-refractivity contribution in [1.82, 2.24) is 4.90 Å².